The van der Waals surface area contributed by atoms with Gasteiger partial charge in [0.25, 0.3) is 0 Å². The van der Waals surface area contributed by atoms with E-state index in [-0.39, 0.29) is 10.8 Å². The molecule has 1 amide bonds. The SMILES string of the molecule is C[C@H](NS(=O)(=O)c1ccc(Cl)cc1)C(=O)N1CCCN(CC2CCCCC2)CC1. The Labute approximate surface area is 179 Å². The van der Waals surface area contributed by atoms with Crippen LogP contribution in [0.1, 0.15) is 45.4 Å². The third kappa shape index (κ3) is 6.41. The molecule has 0 unspecified atom stereocenters. The van der Waals surface area contributed by atoms with Gasteiger partial charge in [0, 0.05) is 31.2 Å². The predicted molar refractivity (Wildman–Crippen MR) is 115 cm³/mol. The quantitative estimate of drug-likeness (QED) is 0.736. The molecule has 162 valence electrons. The maximum atomic E-state index is 12.9. The normalized spacial score (nSPS) is 21.0. The van der Waals surface area contributed by atoms with Crippen LogP contribution in [0.25, 0.3) is 0 Å². The van der Waals surface area contributed by atoms with Gasteiger partial charge < -0.3 is 9.80 Å². The van der Waals surface area contributed by atoms with Crippen LogP contribution >= 0.6 is 11.6 Å². The van der Waals surface area contributed by atoms with Gasteiger partial charge in [0.1, 0.15) is 0 Å². The lowest BCUT2D eigenvalue weighted by atomic mass is 9.89. The number of nitrogens with one attached hydrogen (secondary N) is 1. The number of benzene rings is 1. The van der Waals surface area contributed by atoms with E-state index in [0.29, 0.717) is 18.1 Å². The number of halogens is 1. The van der Waals surface area contributed by atoms with Crippen LogP contribution in [0, 0.1) is 5.92 Å². The first-order valence-electron chi connectivity index (χ1n) is 10.6. The summed E-state index contributed by atoms with van der Waals surface area (Å²) < 4.78 is 27.6. The van der Waals surface area contributed by atoms with Crippen molar-refractivity contribution in [2.24, 2.45) is 5.92 Å². The summed E-state index contributed by atoms with van der Waals surface area (Å²) in [5.41, 5.74) is 0. The standard InChI is InChI=1S/C21H32ClN3O3S/c1-17(23-29(27,28)20-10-8-19(22)9-11-20)21(26)25-13-5-12-24(14-15-25)16-18-6-3-2-4-7-18/h8-11,17-18,23H,2-7,12-16H2,1H3/t17-/m0/s1. The third-order valence-electron chi connectivity index (χ3n) is 5.97. The van der Waals surface area contributed by atoms with Crippen molar-refractivity contribution >= 4 is 27.5 Å². The highest BCUT2D eigenvalue weighted by molar-refractivity contribution is 7.89. The summed E-state index contributed by atoms with van der Waals surface area (Å²) in [5.74, 6) is 0.623. The summed E-state index contributed by atoms with van der Waals surface area (Å²) in [6.45, 7) is 5.93. The Morgan fingerprint density at radius 3 is 2.45 bits per heavy atom. The summed E-state index contributed by atoms with van der Waals surface area (Å²) in [5, 5.41) is 0.468. The summed E-state index contributed by atoms with van der Waals surface area (Å²) >= 11 is 5.83. The highest BCUT2D eigenvalue weighted by Crippen LogP contribution is 2.24. The lowest BCUT2D eigenvalue weighted by molar-refractivity contribution is -0.132. The van der Waals surface area contributed by atoms with E-state index < -0.39 is 16.1 Å². The summed E-state index contributed by atoms with van der Waals surface area (Å²) in [4.78, 5) is 17.3. The Hall–Kier alpha value is -1.15. The van der Waals surface area contributed by atoms with Gasteiger partial charge in [-0.1, -0.05) is 30.9 Å². The molecule has 1 aromatic rings. The van der Waals surface area contributed by atoms with Crippen LogP contribution in [0.2, 0.25) is 5.02 Å². The summed E-state index contributed by atoms with van der Waals surface area (Å²) in [7, 11) is -3.77. The monoisotopic (exact) mass is 441 g/mol. The zero-order chi connectivity index (χ0) is 20.9. The van der Waals surface area contributed by atoms with Crippen LogP contribution < -0.4 is 4.72 Å². The molecule has 1 heterocycles. The van der Waals surface area contributed by atoms with Gasteiger partial charge in [-0.25, -0.2) is 8.42 Å². The van der Waals surface area contributed by atoms with Gasteiger partial charge in [-0.05, 0) is 62.9 Å². The van der Waals surface area contributed by atoms with E-state index in [1.54, 1.807) is 11.8 Å². The highest BCUT2D eigenvalue weighted by atomic mass is 35.5. The number of nitrogens with zero attached hydrogens (tertiary/aromatic N) is 2. The Bertz CT molecular complexity index is 779. The Kier molecular flexibility index (Phi) is 7.96. The molecule has 0 bridgehead atoms. The molecule has 1 atom stereocenters. The molecule has 1 saturated heterocycles. The molecule has 1 saturated carbocycles. The van der Waals surface area contributed by atoms with Gasteiger partial charge in [-0.2, -0.15) is 4.72 Å². The van der Waals surface area contributed by atoms with E-state index in [9.17, 15) is 13.2 Å². The van der Waals surface area contributed by atoms with Gasteiger partial charge in [0.2, 0.25) is 15.9 Å². The topological polar surface area (TPSA) is 69.7 Å². The number of hydrogen-bond donors (Lipinski definition) is 1. The van der Waals surface area contributed by atoms with Crippen molar-refractivity contribution in [3.8, 4) is 0 Å². The molecule has 2 fully saturated rings. The zero-order valence-electron chi connectivity index (χ0n) is 17.1. The molecule has 1 N–H and O–H groups in total. The van der Waals surface area contributed by atoms with E-state index in [2.05, 4.69) is 9.62 Å². The largest absolute Gasteiger partial charge is 0.340 e. The number of hydrogen-bond acceptors (Lipinski definition) is 4. The van der Waals surface area contributed by atoms with E-state index in [1.165, 1.54) is 56.4 Å². The molecular formula is C21H32ClN3O3S. The molecule has 3 rings (SSSR count). The van der Waals surface area contributed by atoms with Gasteiger partial charge in [-0.15, -0.1) is 0 Å². The van der Waals surface area contributed by atoms with Gasteiger partial charge >= 0.3 is 0 Å². The second kappa shape index (κ2) is 10.2. The van der Waals surface area contributed by atoms with Gasteiger partial charge in [0.15, 0.2) is 0 Å². The van der Waals surface area contributed by atoms with Crippen molar-refractivity contribution in [3.63, 3.8) is 0 Å². The number of amides is 1. The van der Waals surface area contributed by atoms with Crippen molar-refractivity contribution in [1.29, 1.82) is 0 Å². The van der Waals surface area contributed by atoms with Crippen molar-refractivity contribution in [2.75, 3.05) is 32.7 Å². The lowest BCUT2D eigenvalue weighted by Gasteiger charge is -2.29. The first-order valence-corrected chi connectivity index (χ1v) is 12.5. The number of carbonyl (C=O) groups is 1. The van der Waals surface area contributed by atoms with Crippen LogP contribution in [0.5, 0.6) is 0 Å². The molecule has 8 heteroatoms. The molecule has 0 radical (unpaired) electrons. The maximum absolute atomic E-state index is 12.9. The molecule has 0 spiro atoms. The highest BCUT2D eigenvalue weighted by Gasteiger charge is 2.28. The fraction of sp³-hybridized carbons (Fsp3) is 0.667. The molecule has 29 heavy (non-hydrogen) atoms. The van der Waals surface area contributed by atoms with E-state index in [4.69, 9.17) is 11.6 Å². The van der Waals surface area contributed by atoms with Crippen molar-refractivity contribution < 1.29 is 13.2 Å². The van der Waals surface area contributed by atoms with Crippen LogP contribution in [0.3, 0.4) is 0 Å². The van der Waals surface area contributed by atoms with Crippen LogP contribution in [-0.4, -0.2) is 62.9 Å². The molecule has 6 nitrogen and oxygen atoms in total. The molecule has 1 aliphatic carbocycles. The smallest absolute Gasteiger partial charge is 0.241 e. The van der Waals surface area contributed by atoms with Crippen molar-refractivity contribution in [1.82, 2.24) is 14.5 Å². The number of carbonyl (C=O) groups excluding carboxylic acids is 1. The van der Waals surface area contributed by atoms with Crippen LogP contribution in [0.15, 0.2) is 29.2 Å². The molecule has 1 aromatic carbocycles. The van der Waals surface area contributed by atoms with Crippen LogP contribution in [0.4, 0.5) is 0 Å². The minimum atomic E-state index is -3.77. The van der Waals surface area contributed by atoms with E-state index in [1.807, 2.05) is 0 Å². The average Bonchev–Trinajstić information content (AvgIpc) is 2.94. The fourth-order valence-electron chi connectivity index (χ4n) is 4.35. The fourth-order valence-corrected chi connectivity index (χ4v) is 5.67. The lowest BCUT2D eigenvalue weighted by Crippen LogP contribution is -2.48. The van der Waals surface area contributed by atoms with Gasteiger partial charge in [0.05, 0.1) is 10.9 Å². The summed E-state index contributed by atoms with van der Waals surface area (Å²) in [6, 6.07) is 5.13. The minimum Gasteiger partial charge on any atom is -0.340 e. The number of rotatable bonds is 6. The predicted octanol–water partition coefficient (Wildman–Crippen LogP) is 3.12. The first-order chi connectivity index (χ1) is 13.8. The Balaban J connectivity index is 1.53. The molecule has 0 aromatic heterocycles. The van der Waals surface area contributed by atoms with Gasteiger partial charge in [-0.3, -0.25) is 4.79 Å². The second-order valence-electron chi connectivity index (χ2n) is 8.28. The van der Waals surface area contributed by atoms with E-state index >= 15 is 0 Å². The average molecular weight is 442 g/mol. The minimum absolute atomic E-state index is 0.107. The first kappa shape index (κ1) is 22.5. The Morgan fingerprint density at radius 1 is 1.07 bits per heavy atom. The molecular weight excluding hydrogens is 410 g/mol. The molecule has 2 aliphatic rings. The number of sulfonamides is 1. The zero-order valence-corrected chi connectivity index (χ0v) is 18.7. The summed E-state index contributed by atoms with van der Waals surface area (Å²) in [6.07, 6.45) is 7.62. The van der Waals surface area contributed by atoms with Crippen molar-refractivity contribution in [2.45, 2.75) is 56.4 Å². The maximum Gasteiger partial charge on any atom is 0.241 e. The third-order valence-corrected chi connectivity index (χ3v) is 7.78. The second-order valence-corrected chi connectivity index (χ2v) is 10.4. The Morgan fingerprint density at radius 2 is 1.76 bits per heavy atom. The van der Waals surface area contributed by atoms with Crippen LogP contribution in [-0.2, 0) is 14.8 Å². The molecule has 1 aliphatic heterocycles. The van der Waals surface area contributed by atoms with E-state index in [0.717, 1.165) is 32.0 Å². The van der Waals surface area contributed by atoms with Crippen molar-refractivity contribution in [3.05, 3.63) is 29.3 Å².